The maximum atomic E-state index is 13.8. The second kappa shape index (κ2) is 11.1. The molecule has 8 nitrogen and oxygen atoms in total. The summed E-state index contributed by atoms with van der Waals surface area (Å²) in [6, 6.07) is 13.5. The van der Waals surface area contributed by atoms with Gasteiger partial charge in [-0.2, -0.15) is 4.98 Å². The van der Waals surface area contributed by atoms with E-state index < -0.39 is 23.1 Å². The number of hydrogen-bond donors (Lipinski definition) is 3. The van der Waals surface area contributed by atoms with Gasteiger partial charge in [0.2, 0.25) is 5.95 Å². The van der Waals surface area contributed by atoms with E-state index in [1.807, 2.05) is 23.6 Å². The Morgan fingerprint density at radius 1 is 0.973 bits per heavy atom. The number of carbonyl (C=O) groups is 1. The van der Waals surface area contributed by atoms with Gasteiger partial charge in [-0.25, -0.2) is 13.8 Å². The number of amides is 1. The van der Waals surface area contributed by atoms with Crippen molar-refractivity contribution in [1.29, 1.82) is 0 Å². The number of halogens is 2. The second-order valence-corrected chi connectivity index (χ2v) is 9.69. The Hall–Kier alpha value is -3.83. The number of hydrogen-bond acceptors (Lipinski definition) is 8. The third-order valence-corrected chi connectivity index (χ3v) is 7.10. The topological polar surface area (TPSA) is 85.4 Å². The lowest BCUT2D eigenvalue weighted by molar-refractivity contribution is 0.0946. The van der Waals surface area contributed by atoms with E-state index in [2.05, 4.69) is 54.9 Å². The normalized spacial score (nSPS) is 14.1. The van der Waals surface area contributed by atoms with E-state index in [0.717, 1.165) is 54.2 Å². The first-order valence-corrected chi connectivity index (χ1v) is 12.9. The first-order valence-electron chi connectivity index (χ1n) is 12.0. The molecule has 0 radical (unpaired) electrons. The first-order chi connectivity index (χ1) is 18.0. The molecule has 0 spiro atoms. The lowest BCUT2D eigenvalue weighted by Gasteiger charge is -2.34. The molecule has 1 amide bonds. The molecule has 1 saturated heterocycles. The average molecular weight is 524 g/mol. The molecule has 3 heterocycles. The Kier molecular flexibility index (Phi) is 7.42. The third-order valence-electron chi connectivity index (χ3n) is 6.19. The van der Waals surface area contributed by atoms with Crippen LogP contribution in [0.25, 0.3) is 10.2 Å². The average Bonchev–Trinajstić information content (AvgIpc) is 3.36. The van der Waals surface area contributed by atoms with Crippen molar-refractivity contribution < 1.29 is 13.6 Å². The fourth-order valence-electron chi connectivity index (χ4n) is 4.15. The van der Waals surface area contributed by atoms with Gasteiger partial charge in [-0.15, -0.1) is 11.3 Å². The molecular weight excluding hydrogens is 496 g/mol. The first kappa shape index (κ1) is 24.8. The maximum absolute atomic E-state index is 13.8. The highest BCUT2D eigenvalue weighted by molar-refractivity contribution is 7.17. The van der Waals surface area contributed by atoms with E-state index in [4.69, 9.17) is 0 Å². The molecule has 37 heavy (non-hydrogen) atoms. The van der Waals surface area contributed by atoms with Crippen molar-refractivity contribution in [3.05, 3.63) is 71.1 Å². The second-order valence-electron chi connectivity index (χ2n) is 8.77. The number of thiophene rings is 1. The molecule has 2 aromatic carbocycles. The van der Waals surface area contributed by atoms with Crippen LogP contribution in [0.3, 0.4) is 0 Å². The zero-order valence-corrected chi connectivity index (χ0v) is 21.1. The quantitative estimate of drug-likeness (QED) is 0.297. The predicted octanol–water partition coefficient (Wildman–Crippen LogP) is 4.31. The lowest BCUT2D eigenvalue weighted by atomic mass is 10.2. The van der Waals surface area contributed by atoms with E-state index in [-0.39, 0.29) is 6.54 Å². The van der Waals surface area contributed by atoms with Gasteiger partial charge in [0, 0.05) is 50.6 Å². The number of likely N-dealkylation sites (N-methyl/N-ethyl adjacent to an activating group) is 1. The van der Waals surface area contributed by atoms with Crippen LogP contribution in [0.15, 0.2) is 53.9 Å². The van der Waals surface area contributed by atoms with Gasteiger partial charge in [0.05, 0.1) is 10.2 Å². The molecule has 3 N–H and O–H groups in total. The van der Waals surface area contributed by atoms with Gasteiger partial charge in [0.1, 0.15) is 23.0 Å². The van der Waals surface area contributed by atoms with Gasteiger partial charge >= 0.3 is 0 Å². The van der Waals surface area contributed by atoms with Crippen molar-refractivity contribution in [3.63, 3.8) is 0 Å². The Bertz CT molecular complexity index is 1370. The molecular formula is C26H27F2N7OS. The number of nitrogens with zero attached hydrogens (tertiary/aromatic N) is 4. The fourth-order valence-corrected chi connectivity index (χ4v) is 4.95. The summed E-state index contributed by atoms with van der Waals surface area (Å²) < 4.78 is 28.5. The van der Waals surface area contributed by atoms with Gasteiger partial charge in [0.15, 0.2) is 0 Å². The van der Waals surface area contributed by atoms with Gasteiger partial charge in [-0.05, 0) is 54.9 Å². The highest BCUT2D eigenvalue weighted by Gasteiger charge is 2.17. The fraction of sp³-hybridized carbons (Fsp3) is 0.269. The summed E-state index contributed by atoms with van der Waals surface area (Å²) in [6.07, 6.45) is 0. The van der Waals surface area contributed by atoms with Crippen LogP contribution in [-0.2, 0) is 0 Å². The van der Waals surface area contributed by atoms with Gasteiger partial charge in [-0.1, -0.05) is 6.07 Å². The molecule has 2 aromatic heterocycles. The number of piperazine rings is 1. The van der Waals surface area contributed by atoms with E-state index >= 15 is 0 Å². The van der Waals surface area contributed by atoms with E-state index in [9.17, 15) is 13.6 Å². The van der Waals surface area contributed by atoms with Crippen LogP contribution in [0.1, 0.15) is 10.4 Å². The SMILES string of the molecule is CN1CCN(c2ccc(Nc3nc(NCCNC(=O)c4c(F)cccc4F)c4sccc4n3)cc2)CC1. The zero-order valence-electron chi connectivity index (χ0n) is 20.3. The van der Waals surface area contributed by atoms with E-state index in [1.54, 1.807) is 0 Å². The molecule has 0 atom stereocenters. The number of benzene rings is 2. The number of rotatable bonds is 8. The highest BCUT2D eigenvalue weighted by atomic mass is 32.1. The molecule has 0 saturated carbocycles. The van der Waals surface area contributed by atoms with Crippen LogP contribution < -0.4 is 20.9 Å². The molecule has 4 aromatic rings. The molecule has 5 rings (SSSR count). The number of nitrogens with one attached hydrogen (secondary N) is 3. The minimum absolute atomic E-state index is 0.153. The van der Waals surface area contributed by atoms with Crippen LogP contribution in [0.2, 0.25) is 0 Å². The van der Waals surface area contributed by atoms with Crippen LogP contribution in [0.5, 0.6) is 0 Å². The Labute approximate surface area is 217 Å². The minimum Gasteiger partial charge on any atom is -0.369 e. The lowest BCUT2D eigenvalue weighted by Crippen LogP contribution is -2.44. The summed E-state index contributed by atoms with van der Waals surface area (Å²) in [5.74, 6) is -1.53. The highest BCUT2D eigenvalue weighted by Crippen LogP contribution is 2.28. The number of aromatic nitrogens is 2. The minimum atomic E-state index is -0.895. The summed E-state index contributed by atoms with van der Waals surface area (Å²) in [5.41, 5.74) is 2.26. The van der Waals surface area contributed by atoms with E-state index in [0.29, 0.717) is 18.3 Å². The van der Waals surface area contributed by atoms with Crippen molar-refractivity contribution in [3.8, 4) is 0 Å². The summed E-state index contributed by atoms with van der Waals surface area (Å²) in [4.78, 5) is 26.1. The summed E-state index contributed by atoms with van der Waals surface area (Å²) >= 11 is 1.50. The summed E-state index contributed by atoms with van der Waals surface area (Å²) in [7, 11) is 2.14. The Morgan fingerprint density at radius 2 is 1.70 bits per heavy atom. The monoisotopic (exact) mass is 523 g/mol. The molecule has 1 aliphatic rings. The van der Waals surface area contributed by atoms with Crippen LogP contribution in [0, 0.1) is 11.6 Å². The number of anilines is 4. The largest absolute Gasteiger partial charge is 0.369 e. The maximum Gasteiger partial charge on any atom is 0.257 e. The van der Waals surface area contributed by atoms with Crippen molar-refractivity contribution in [2.24, 2.45) is 0 Å². The van der Waals surface area contributed by atoms with E-state index in [1.165, 1.54) is 23.1 Å². The van der Waals surface area contributed by atoms with Crippen LogP contribution in [0.4, 0.5) is 31.9 Å². The molecule has 0 aliphatic carbocycles. The van der Waals surface area contributed by atoms with Crippen molar-refractivity contribution in [1.82, 2.24) is 20.2 Å². The summed E-state index contributed by atoms with van der Waals surface area (Å²) in [6.45, 7) is 4.57. The van der Waals surface area contributed by atoms with Gasteiger partial charge in [0.25, 0.3) is 5.91 Å². The van der Waals surface area contributed by atoms with Crippen molar-refractivity contribution in [2.75, 3.05) is 61.8 Å². The Balaban J connectivity index is 1.22. The smallest absolute Gasteiger partial charge is 0.257 e. The molecule has 0 bridgehead atoms. The molecule has 1 fully saturated rings. The standard InChI is InChI=1S/C26H27F2N7OS/c1-34-12-14-35(15-13-34)18-7-5-17(6-8-18)31-26-32-21-9-16-37-23(21)24(33-26)29-10-11-30-25(36)22-19(27)3-2-4-20(22)28/h2-9,16H,10-15H2,1H3,(H,30,36)(H2,29,31,32,33). The predicted molar refractivity (Wildman–Crippen MR) is 144 cm³/mol. The van der Waals surface area contributed by atoms with Gasteiger partial charge < -0.3 is 25.8 Å². The van der Waals surface area contributed by atoms with Crippen molar-refractivity contribution in [2.45, 2.75) is 0 Å². The zero-order chi connectivity index (χ0) is 25.8. The van der Waals surface area contributed by atoms with Gasteiger partial charge in [-0.3, -0.25) is 4.79 Å². The molecule has 11 heteroatoms. The third kappa shape index (κ3) is 5.78. The summed E-state index contributed by atoms with van der Waals surface area (Å²) in [5, 5.41) is 10.9. The van der Waals surface area contributed by atoms with Crippen LogP contribution in [-0.4, -0.2) is 67.1 Å². The molecule has 1 aliphatic heterocycles. The number of carbonyl (C=O) groups excluding carboxylic acids is 1. The van der Waals surface area contributed by atoms with Crippen LogP contribution >= 0.6 is 11.3 Å². The molecule has 192 valence electrons. The molecule has 0 unspecified atom stereocenters. The van der Waals surface area contributed by atoms with Crippen molar-refractivity contribution >= 4 is 50.6 Å². The Morgan fingerprint density at radius 3 is 2.43 bits per heavy atom. The number of fused-ring (bicyclic) bond motifs is 1.